The van der Waals surface area contributed by atoms with Crippen LogP contribution in [0.25, 0.3) is 0 Å². The molecule has 0 aromatic heterocycles. The van der Waals surface area contributed by atoms with Gasteiger partial charge in [0.1, 0.15) is 0 Å². The van der Waals surface area contributed by atoms with Crippen LogP contribution >= 0.6 is 0 Å². The summed E-state index contributed by atoms with van der Waals surface area (Å²) in [5, 5.41) is 0. The Kier molecular flexibility index (Phi) is 2.79. The molecule has 84 valence electrons. The molecule has 0 heterocycles. The molecular formula is C15H24. The fourth-order valence-electron chi connectivity index (χ4n) is 3.43. The summed E-state index contributed by atoms with van der Waals surface area (Å²) in [5.74, 6) is 0.950. The van der Waals surface area contributed by atoms with E-state index in [1.54, 1.807) is 16.7 Å². The van der Waals surface area contributed by atoms with Gasteiger partial charge >= 0.3 is 0 Å². The van der Waals surface area contributed by atoms with Crippen LogP contribution in [0.1, 0.15) is 59.8 Å². The molecule has 0 N–H and O–H groups in total. The van der Waals surface area contributed by atoms with Gasteiger partial charge in [-0.2, -0.15) is 0 Å². The van der Waals surface area contributed by atoms with Crippen molar-refractivity contribution in [3.8, 4) is 0 Å². The van der Waals surface area contributed by atoms with Crippen molar-refractivity contribution in [1.82, 2.24) is 0 Å². The van der Waals surface area contributed by atoms with Crippen LogP contribution in [0.3, 0.4) is 0 Å². The maximum atomic E-state index is 2.49. The highest BCUT2D eigenvalue weighted by Crippen LogP contribution is 2.52. The molecular weight excluding hydrogens is 180 g/mol. The van der Waals surface area contributed by atoms with E-state index in [0.717, 1.165) is 5.92 Å². The average molecular weight is 204 g/mol. The molecule has 2 atom stereocenters. The second-order valence-electron chi connectivity index (χ2n) is 5.90. The summed E-state index contributed by atoms with van der Waals surface area (Å²) >= 11 is 0. The van der Waals surface area contributed by atoms with Crippen molar-refractivity contribution in [1.29, 1.82) is 0 Å². The second-order valence-corrected chi connectivity index (χ2v) is 5.90. The zero-order valence-corrected chi connectivity index (χ0v) is 10.7. The Morgan fingerprint density at radius 3 is 2.73 bits per heavy atom. The Bertz CT molecular complexity index is 315. The van der Waals surface area contributed by atoms with Gasteiger partial charge in [-0.3, -0.25) is 0 Å². The third kappa shape index (κ3) is 1.79. The van der Waals surface area contributed by atoms with E-state index in [1.807, 2.05) is 0 Å². The fraction of sp³-hybridized carbons (Fsp3) is 0.733. The quantitative estimate of drug-likeness (QED) is 0.494. The van der Waals surface area contributed by atoms with E-state index in [-0.39, 0.29) is 0 Å². The smallest absolute Gasteiger partial charge is 0.00535 e. The van der Waals surface area contributed by atoms with Crippen LogP contribution < -0.4 is 0 Å². The van der Waals surface area contributed by atoms with Gasteiger partial charge < -0.3 is 0 Å². The minimum absolute atomic E-state index is 0.489. The highest BCUT2D eigenvalue weighted by atomic mass is 14.4. The molecule has 0 amide bonds. The maximum Gasteiger partial charge on any atom is -0.00535 e. The van der Waals surface area contributed by atoms with Crippen molar-refractivity contribution >= 4 is 0 Å². The normalized spacial score (nSPS) is 35.9. The highest BCUT2D eigenvalue weighted by Gasteiger charge is 2.40. The van der Waals surface area contributed by atoms with E-state index in [9.17, 15) is 0 Å². The molecule has 0 aliphatic heterocycles. The first-order valence-electron chi connectivity index (χ1n) is 6.36. The largest absolute Gasteiger partial charge is 0.0850 e. The lowest BCUT2D eigenvalue weighted by Crippen LogP contribution is -2.35. The average Bonchev–Trinajstić information content (AvgIpc) is 2.19. The third-order valence-corrected chi connectivity index (χ3v) is 4.85. The van der Waals surface area contributed by atoms with Crippen LogP contribution in [0, 0.1) is 11.3 Å². The summed E-state index contributed by atoms with van der Waals surface area (Å²) in [6.07, 6.45) is 9.31. The van der Waals surface area contributed by atoms with Gasteiger partial charge in [0.25, 0.3) is 0 Å². The van der Waals surface area contributed by atoms with Gasteiger partial charge in [0.15, 0.2) is 0 Å². The lowest BCUT2D eigenvalue weighted by Gasteiger charge is -2.46. The zero-order chi connectivity index (χ0) is 11.1. The van der Waals surface area contributed by atoms with E-state index in [4.69, 9.17) is 0 Å². The summed E-state index contributed by atoms with van der Waals surface area (Å²) in [6, 6.07) is 0. The molecule has 2 rings (SSSR count). The molecule has 0 saturated heterocycles. The molecule has 0 spiro atoms. The Morgan fingerprint density at radius 2 is 2.07 bits per heavy atom. The molecule has 0 aromatic rings. The van der Waals surface area contributed by atoms with Crippen molar-refractivity contribution in [3.63, 3.8) is 0 Å². The minimum atomic E-state index is 0.489. The Labute approximate surface area is 94.5 Å². The summed E-state index contributed by atoms with van der Waals surface area (Å²) in [4.78, 5) is 0. The van der Waals surface area contributed by atoms with Gasteiger partial charge in [0, 0.05) is 0 Å². The standard InChI is InChI=1S/C15H24/c1-11(2)13-8-9-14-7-5-6-12(3)15(14,4)10-13/h6,14H,5,7-10H2,1-4H3/t14-,15+/m1/s1. The number of rotatable bonds is 0. The van der Waals surface area contributed by atoms with Gasteiger partial charge in [-0.1, -0.05) is 29.7 Å². The van der Waals surface area contributed by atoms with E-state index in [0.29, 0.717) is 5.41 Å². The zero-order valence-electron chi connectivity index (χ0n) is 10.7. The van der Waals surface area contributed by atoms with Crippen LogP contribution in [0.4, 0.5) is 0 Å². The molecule has 15 heavy (non-hydrogen) atoms. The first kappa shape index (κ1) is 11.0. The molecule has 1 fully saturated rings. The number of hydrogen-bond donors (Lipinski definition) is 0. The highest BCUT2D eigenvalue weighted by molar-refractivity contribution is 5.25. The summed E-state index contributed by atoms with van der Waals surface area (Å²) < 4.78 is 0. The monoisotopic (exact) mass is 204 g/mol. The fourth-order valence-corrected chi connectivity index (χ4v) is 3.43. The van der Waals surface area contributed by atoms with Crippen LogP contribution in [-0.4, -0.2) is 0 Å². The van der Waals surface area contributed by atoms with Crippen LogP contribution in [0.5, 0.6) is 0 Å². The first-order valence-corrected chi connectivity index (χ1v) is 6.36. The van der Waals surface area contributed by atoms with Gasteiger partial charge in [0.2, 0.25) is 0 Å². The number of hydrogen-bond acceptors (Lipinski definition) is 0. The van der Waals surface area contributed by atoms with E-state index in [2.05, 4.69) is 33.8 Å². The molecule has 0 heteroatoms. The summed E-state index contributed by atoms with van der Waals surface area (Å²) in [5.41, 5.74) is 5.43. The van der Waals surface area contributed by atoms with Crippen molar-refractivity contribution in [2.24, 2.45) is 11.3 Å². The van der Waals surface area contributed by atoms with Crippen LogP contribution in [0.15, 0.2) is 22.8 Å². The van der Waals surface area contributed by atoms with E-state index < -0.39 is 0 Å². The summed E-state index contributed by atoms with van der Waals surface area (Å²) in [6.45, 7) is 9.40. The summed E-state index contributed by atoms with van der Waals surface area (Å²) in [7, 11) is 0. The molecule has 2 aliphatic rings. The second kappa shape index (κ2) is 3.81. The van der Waals surface area contributed by atoms with Crippen molar-refractivity contribution < 1.29 is 0 Å². The van der Waals surface area contributed by atoms with E-state index in [1.165, 1.54) is 32.1 Å². The van der Waals surface area contributed by atoms with Crippen molar-refractivity contribution in [3.05, 3.63) is 22.8 Å². The predicted molar refractivity (Wildman–Crippen MR) is 66.8 cm³/mol. The number of fused-ring (bicyclic) bond motifs is 1. The van der Waals surface area contributed by atoms with Gasteiger partial charge in [-0.15, -0.1) is 0 Å². The van der Waals surface area contributed by atoms with Crippen LogP contribution in [-0.2, 0) is 0 Å². The molecule has 0 bridgehead atoms. The molecule has 0 aromatic carbocycles. The Morgan fingerprint density at radius 1 is 1.33 bits per heavy atom. The van der Waals surface area contributed by atoms with Gasteiger partial charge in [-0.05, 0) is 64.2 Å². The third-order valence-electron chi connectivity index (χ3n) is 4.85. The van der Waals surface area contributed by atoms with Gasteiger partial charge in [-0.25, -0.2) is 0 Å². The maximum absolute atomic E-state index is 2.49. The SMILES string of the molecule is CC1=CCC[C@@H]2CCC(=C(C)C)C[C@@]12C. The van der Waals surface area contributed by atoms with Crippen molar-refractivity contribution in [2.45, 2.75) is 59.8 Å². The molecule has 0 unspecified atom stereocenters. The first-order chi connectivity index (χ1) is 7.04. The number of allylic oxidation sites excluding steroid dienone is 4. The molecule has 2 aliphatic carbocycles. The topological polar surface area (TPSA) is 0 Å². The molecule has 0 nitrogen and oxygen atoms in total. The lowest BCUT2D eigenvalue weighted by molar-refractivity contribution is 0.168. The predicted octanol–water partition coefficient (Wildman–Crippen LogP) is 4.87. The van der Waals surface area contributed by atoms with Gasteiger partial charge in [0.05, 0.1) is 0 Å². The Balaban J connectivity index is 2.31. The van der Waals surface area contributed by atoms with Crippen LogP contribution in [0.2, 0.25) is 0 Å². The van der Waals surface area contributed by atoms with E-state index >= 15 is 0 Å². The molecule has 0 radical (unpaired) electrons. The lowest BCUT2D eigenvalue weighted by atomic mass is 9.58. The molecule has 1 saturated carbocycles. The Hall–Kier alpha value is -0.520. The minimum Gasteiger partial charge on any atom is -0.0850 e. The van der Waals surface area contributed by atoms with Crippen molar-refractivity contribution in [2.75, 3.05) is 0 Å².